The summed E-state index contributed by atoms with van der Waals surface area (Å²) >= 11 is 6.28. The monoisotopic (exact) mass is 311 g/mol. The van der Waals surface area contributed by atoms with E-state index < -0.39 is 0 Å². The molecule has 2 rings (SSSR count). The van der Waals surface area contributed by atoms with Crippen molar-refractivity contribution in [1.29, 1.82) is 0 Å². The Morgan fingerprint density at radius 3 is 2.76 bits per heavy atom. The third-order valence-corrected chi connectivity index (χ3v) is 3.90. The first kappa shape index (κ1) is 16.6. The van der Waals surface area contributed by atoms with Gasteiger partial charge in [0, 0.05) is 29.8 Å². The van der Waals surface area contributed by atoms with E-state index in [1.54, 1.807) is 0 Å². The number of halogens is 1. The second kappa shape index (κ2) is 8.62. The van der Waals surface area contributed by atoms with E-state index in [-0.39, 0.29) is 0 Å². The average molecular weight is 312 g/mol. The van der Waals surface area contributed by atoms with E-state index in [9.17, 15) is 0 Å². The lowest BCUT2D eigenvalue weighted by Crippen LogP contribution is -2.17. The molecule has 21 heavy (non-hydrogen) atoms. The second-order valence-corrected chi connectivity index (χ2v) is 6.42. The van der Waals surface area contributed by atoms with E-state index in [4.69, 9.17) is 21.1 Å². The zero-order chi connectivity index (χ0) is 15.1. The Balaban J connectivity index is 1.74. The number of nitrogens with one attached hydrogen (secondary N) is 1. The molecule has 0 aromatic heterocycles. The molecule has 0 amide bonds. The van der Waals surface area contributed by atoms with Gasteiger partial charge in [-0.25, -0.2) is 0 Å². The van der Waals surface area contributed by atoms with Crippen molar-refractivity contribution in [2.75, 3.05) is 19.8 Å². The molecule has 1 aromatic rings. The molecule has 0 radical (unpaired) electrons. The van der Waals surface area contributed by atoms with Gasteiger partial charge in [0.05, 0.1) is 6.61 Å². The van der Waals surface area contributed by atoms with E-state index in [1.165, 1.54) is 12.8 Å². The second-order valence-electron chi connectivity index (χ2n) is 6.02. The molecule has 0 heterocycles. The van der Waals surface area contributed by atoms with Crippen LogP contribution in [0.25, 0.3) is 0 Å². The predicted octanol–water partition coefficient (Wildman–Crippen LogP) is 4.03. The third kappa shape index (κ3) is 6.25. The molecule has 1 saturated carbocycles. The predicted molar refractivity (Wildman–Crippen MR) is 87.1 cm³/mol. The van der Waals surface area contributed by atoms with Gasteiger partial charge in [0.2, 0.25) is 0 Å². The normalized spacial score (nSPS) is 14.7. The van der Waals surface area contributed by atoms with Gasteiger partial charge in [-0.2, -0.15) is 0 Å². The van der Waals surface area contributed by atoms with Crippen LogP contribution in [0.5, 0.6) is 5.75 Å². The van der Waals surface area contributed by atoms with E-state index in [1.807, 2.05) is 18.2 Å². The summed E-state index contributed by atoms with van der Waals surface area (Å²) in [6, 6.07) is 6.48. The Hall–Kier alpha value is -0.770. The highest BCUT2D eigenvalue weighted by Gasteiger charge is 2.21. The van der Waals surface area contributed by atoms with Crippen molar-refractivity contribution in [2.24, 2.45) is 5.92 Å². The lowest BCUT2D eigenvalue weighted by Gasteiger charge is -2.14. The van der Waals surface area contributed by atoms with Crippen LogP contribution in [0.1, 0.15) is 38.7 Å². The Morgan fingerprint density at radius 2 is 2.05 bits per heavy atom. The number of rotatable bonds is 10. The summed E-state index contributed by atoms with van der Waals surface area (Å²) in [4.78, 5) is 0. The molecule has 0 atom stereocenters. The molecule has 1 aromatic carbocycles. The van der Waals surface area contributed by atoms with Crippen molar-refractivity contribution in [3.8, 4) is 5.75 Å². The quantitative estimate of drug-likeness (QED) is 0.662. The number of hydrogen-bond donors (Lipinski definition) is 1. The molecule has 0 aliphatic heterocycles. The first-order valence-corrected chi connectivity index (χ1v) is 8.26. The van der Waals surface area contributed by atoms with Crippen LogP contribution in [0.15, 0.2) is 18.2 Å². The van der Waals surface area contributed by atoms with Gasteiger partial charge in [-0.15, -0.1) is 0 Å². The van der Waals surface area contributed by atoms with Gasteiger partial charge in [0.1, 0.15) is 12.4 Å². The molecule has 0 unspecified atom stereocenters. The first-order chi connectivity index (χ1) is 10.2. The molecule has 0 saturated heterocycles. The lowest BCUT2D eigenvalue weighted by atomic mass is 10.1. The molecular weight excluding hydrogens is 286 g/mol. The highest BCUT2D eigenvalue weighted by molar-refractivity contribution is 6.31. The van der Waals surface area contributed by atoms with Gasteiger partial charge >= 0.3 is 0 Å². The van der Waals surface area contributed by atoms with Crippen molar-refractivity contribution in [2.45, 2.75) is 45.7 Å². The van der Waals surface area contributed by atoms with Crippen LogP contribution >= 0.6 is 11.6 Å². The van der Waals surface area contributed by atoms with Gasteiger partial charge in [-0.1, -0.05) is 31.5 Å². The summed E-state index contributed by atoms with van der Waals surface area (Å²) in [5, 5.41) is 4.25. The number of hydrogen-bond acceptors (Lipinski definition) is 3. The largest absolute Gasteiger partial charge is 0.491 e. The summed E-state index contributed by atoms with van der Waals surface area (Å²) in [6.07, 6.45) is 3.63. The Labute approximate surface area is 133 Å². The van der Waals surface area contributed by atoms with E-state index in [0.717, 1.165) is 35.9 Å². The number of benzene rings is 1. The molecule has 0 spiro atoms. The van der Waals surface area contributed by atoms with E-state index in [0.29, 0.717) is 25.2 Å². The van der Waals surface area contributed by atoms with Crippen LogP contribution in [0.4, 0.5) is 0 Å². The highest BCUT2D eigenvalue weighted by atomic mass is 35.5. The van der Waals surface area contributed by atoms with Crippen LogP contribution < -0.4 is 10.1 Å². The van der Waals surface area contributed by atoms with Crippen LogP contribution in [0.3, 0.4) is 0 Å². The van der Waals surface area contributed by atoms with Crippen molar-refractivity contribution >= 4 is 11.6 Å². The molecular formula is C17H26ClNO2. The highest BCUT2D eigenvalue weighted by Crippen LogP contribution is 2.28. The maximum absolute atomic E-state index is 6.28. The van der Waals surface area contributed by atoms with Gasteiger partial charge in [0.25, 0.3) is 0 Å². The summed E-state index contributed by atoms with van der Waals surface area (Å²) < 4.78 is 11.4. The third-order valence-electron chi connectivity index (χ3n) is 3.55. The van der Waals surface area contributed by atoms with Crippen LogP contribution in [0.2, 0.25) is 5.02 Å². The molecule has 1 N–H and O–H groups in total. The van der Waals surface area contributed by atoms with Crippen LogP contribution in [-0.2, 0) is 11.3 Å². The zero-order valence-electron chi connectivity index (χ0n) is 13.0. The van der Waals surface area contributed by atoms with E-state index in [2.05, 4.69) is 19.2 Å². The fourth-order valence-corrected chi connectivity index (χ4v) is 2.24. The minimum absolute atomic E-state index is 0.564. The Morgan fingerprint density at radius 1 is 1.24 bits per heavy atom. The summed E-state index contributed by atoms with van der Waals surface area (Å²) in [7, 11) is 0. The maximum atomic E-state index is 6.28. The minimum atomic E-state index is 0.564. The molecule has 1 fully saturated rings. The zero-order valence-corrected chi connectivity index (χ0v) is 13.8. The molecule has 3 nitrogen and oxygen atoms in total. The van der Waals surface area contributed by atoms with Gasteiger partial charge in [-0.05, 0) is 37.3 Å². The summed E-state index contributed by atoms with van der Waals surface area (Å²) in [5.74, 6) is 1.54. The minimum Gasteiger partial charge on any atom is -0.491 e. The fraction of sp³-hybridized carbons (Fsp3) is 0.647. The Bertz CT molecular complexity index is 433. The average Bonchev–Trinajstić information content (AvgIpc) is 3.25. The van der Waals surface area contributed by atoms with Gasteiger partial charge in [0.15, 0.2) is 0 Å². The summed E-state index contributed by atoms with van der Waals surface area (Å²) in [5.41, 5.74) is 1.05. The number of ether oxygens (including phenoxy) is 2. The van der Waals surface area contributed by atoms with Gasteiger partial charge in [-0.3, -0.25) is 0 Å². The lowest BCUT2D eigenvalue weighted by molar-refractivity contribution is 0.0922. The molecule has 1 aliphatic carbocycles. The maximum Gasteiger partial charge on any atom is 0.125 e. The van der Waals surface area contributed by atoms with E-state index >= 15 is 0 Å². The van der Waals surface area contributed by atoms with Crippen LogP contribution in [0, 0.1) is 5.92 Å². The smallest absolute Gasteiger partial charge is 0.125 e. The van der Waals surface area contributed by atoms with Crippen molar-refractivity contribution in [3.05, 3.63) is 28.8 Å². The SMILES string of the molecule is CC(C)CCOCCOc1cccc(Cl)c1CNC1CC1. The molecule has 1 aliphatic rings. The van der Waals surface area contributed by atoms with Crippen molar-refractivity contribution in [1.82, 2.24) is 5.32 Å². The molecule has 118 valence electrons. The van der Waals surface area contributed by atoms with Crippen molar-refractivity contribution < 1.29 is 9.47 Å². The topological polar surface area (TPSA) is 30.5 Å². The first-order valence-electron chi connectivity index (χ1n) is 7.88. The fourth-order valence-electron chi connectivity index (χ4n) is 2.01. The van der Waals surface area contributed by atoms with Gasteiger partial charge < -0.3 is 14.8 Å². The van der Waals surface area contributed by atoms with Crippen LogP contribution in [-0.4, -0.2) is 25.9 Å². The Kier molecular flexibility index (Phi) is 6.81. The standard InChI is InChI=1S/C17H26ClNO2/c1-13(2)8-9-20-10-11-21-17-5-3-4-16(18)15(17)12-19-14-6-7-14/h3-5,13-14,19H,6-12H2,1-2H3. The molecule has 4 heteroatoms. The van der Waals surface area contributed by atoms with Crippen molar-refractivity contribution in [3.63, 3.8) is 0 Å². The summed E-state index contributed by atoms with van der Waals surface area (Å²) in [6.45, 7) is 7.15. The molecule has 0 bridgehead atoms.